The Morgan fingerprint density at radius 2 is 1.94 bits per heavy atom. The van der Waals surface area contributed by atoms with E-state index in [0.29, 0.717) is 0 Å². The summed E-state index contributed by atoms with van der Waals surface area (Å²) in [6.45, 7) is 0.985. The molecule has 0 aliphatic heterocycles. The van der Waals surface area contributed by atoms with Crippen molar-refractivity contribution in [2.75, 3.05) is 24.7 Å². The number of nitrogens with zero attached hydrogens (tertiary/aromatic N) is 5. The molecule has 0 amide bonds. The van der Waals surface area contributed by atoms with Crippen LogP contribution in [0.4, 0.5) is 17.2 Å². The molecule has 1 heterocycles. The maximum Gasteiger partial charge on any atom is 0.373 e. The number of anilines is 1. The van der Waals surface area contributed by atoms with Gasteiger partial charge >= 0.3 is 17.5 Å². The summed E-state index contributed by atoms with van der Waals surface area (Å²) in [5.74, 6) is -2.66. The molecule has 0 radical (unpaired) electrons. The van der Waals surface area contributed by atoms with Crippen LogP contribution in [-0.2, 0) is 19.4 Å². The second-order valence-corrected chi connectivity index (χ2v) is 7.76. The molecule has 32 heavy (non-hydrogen) atoms. The number of nitrogens with one attached hydrogen (secondary N) is 1. The number of nitro groups is 2. The summed E-state index contributed by atoms with van der Waals surface area (Å²) in [7, 11) is -4.10. The van der Waals surface area contributed by atoms with E-state index in [4.69, 9.17) is 14.7 Å². The van der Waals surface area contributed by atoms with Gasteiger partial charge in [0.25, 0.3) is 10.8 Å². The molecule has 1 aromatic heterocycles. The number of nitriles is 1. The highest BCUT2D eigenvalue weighted by atomic mass is 32.2. The first-order chi connectivity index (χ1) is 15.0. The van der Waals surface area contributed by atoms with Crippen molar-refractivity contribution < 1.29 is 32.5 Å². The first-order valence-corrected chi connectivity index (χ1v) is 10.4. The van der Waals surface area contributed by atoms with Gasteiger partial charge in [-0.1, -0.05) is 0 Å². The van der Waals surface area contributed by atoms with Crippen molar-refractivity contribution in [3.8, 4) is 17.7 Å². The van der Waals surface area contributed by atoms with Crippen molar-refractivity contribution in [1.82, 2.24) is 9.97 Å². The smallest absolute Gasteiger partial charge is 0.373 e. The number of carbonyl (C=O) groups is 1. The quantitative estimate of drug-likeness (QED) is 0.239. The lowest BCUT2D eigenvalue weighted by atomic mass is 10.2. The number of hydrogen-bond acceptors (Lipinski definition) is 13. The lowest BCUT2D eigenvalue weighted by Crippen LogP contribution is -2.19. The van der Waals surface area contributed by atoms with Crippen LogP contribution in [-0.4, -0.2) is 53.6 Å². The average molecular weight is 466 g/mol. The Labute approximate surface area is 179 Å². The van der Waals surface area contributed by atoms with Crippen LogP contribution in [0.5, 0.6) is 11.6 Å². The van der Waals surface area contributed by atoms with E-state index in [9.17, 15) is 33.4 Å². The second-order valence-electron chi connectivity index (χ2n) is 5.85. The number of hydrogen-bond donors (Lipinski definition) is 1. The van der Waals surface area contributed by atoms with Crippen molar-refractivity contribution in [2.45, 2.75) is 12.1 Å². The number of benzene rings is 1. The average Bonchev–Trinajstić information content (AvgIpc) is 2.71. The number of carbonyl (C=O) groups excluding carboxylic acids is 1. The highest BCUT2D eigenvalue weighted by Gasteiger charge is 2.30. The highest BCUT2D eigenvalue weighted by molar-refractivity contribution is 7.90. The lowest BCUT2D eigenvalue weighted by Gasteiger charge is -2.11. The maximum absolute atomic E-state index is 11.9. The van der Waals surface area contributed by atoms with E-state index in [2.05, 4.69) is 15.3 Å². The Balaban J connectivity index is 2.62. The fourth-order valence-corrected chi connectivity index (χ4v) is 2.75. The first-order valence-electron chi connectivity index (χ1n) is 8.50. The molecule has 0 aliphatic rings. The third kappa shape index (κ3) is 5.60. The van der Waals surface area contributed by atoms with Gasteiger partial charge in [-0.3, -0.25) is 25.0 Å². The predicted octanol–water partition coefficient (Wildman–Crippen LogP) is 1.34. The predicted molar refractivity (Wildman–Crippen MR) is 105 cm³/mol. The van der Waals surface area contributed by atoms with Crippen LogP contribution in [0.25, 0.3) is 0 Å². The summed E-state index contributed by atoms with van der Waals surface area (Å²) in [5.41, 5.74) is -1.88. The van der Waals surface area contributed by atoms with E-state index in [-0.39, 0.29) is 17.9 Å². The van der Waals surface area contributed by atoms with Gasteiger partial charge < -0.3 is 14.8 Å². The molecule has 0 unspecified atom stereocenters. The van der Waals surface area contributed by atoms with Crippen molar-refractivity contribution in [2.24, 2.45) is 0 Å². The van der Waals surface area contributed by atoms with E-state index in [1.807, 2.05) is 0 Å². The standard InChI is InChI=1S/C16H14N6O9S/c1-3-30-12(23)8-18-14-13(22(26)27)15(20-16(19-14)32(2,28)29)31-10-5-4-9(7-17)11(6-10)21(24)25/h4-6H,3,8H2,1-2H3,(H,18,19,20). The third-order valence-corrected chi connectivity index (χ3v) is 4.40. The normalized spacial score (nSPS) is 10.7. The Morgan fingerprint density at radius 1 is 1.25 bits per heavy atom. The highest BCUT2D eigenvalue weighted by Crippen LogP contribution is 2.37. The van der Waals surface area contributed by atoms with E-state index < -0.39 is 60.4 Å². The van der Waals surface area contributed by atoms with Crippen LogP contribution < -0.4 is 10.1 Å². The van der Waals surface area contributed by atoms with Gasteiger partial charge in [-0.25, -0.2) is 8.42 Å². The van der Waals surface area contributed by atoms with Crippen molar-refractivity contribution >= 4 is 33.0 Å². The number of nitro benzene ring substituents is 1. The van der Waals surface area contributed by atoms with E-state index in [1.54, 1.807) is 6.07 Å². The number of rotatable bonds is 9. The molecular formula is C16H14N6O9S. The number of sulfone groups is 1. The SMILES string of the molecule is CCOC(=O)CNc1nc(S(C)(=O)=O)nc(Oc2ccc(C#N)c([N+](=O)[O-])c2)c1[N+](=O)[O-]. The Morgan fingerprint density at radius 3 is 2.47 bits per heavy atom. The Hall–Kier alpha value is -4.39. The molecule has 16 heteroatoms. The van der Waals surface area contributed by atoms with Gasteiger partial charge in [-0.2, -0.15) is 15.2 Å². The van der Waals surface area contributed by atoms with Gasteiger partial charge in [0, 0.05) is 6.26 Å². The maximum atomic E-state index is 11.9. The Kier molecular flexibility index (Phi) is 7.17. The largest absolute Gasteiger partial charge is 0.465 e. The number of aromatic nitrogens is 2. The minimum absolute atomic E-state index is 0.0345. The topological polar surface area (TPSA) is 218 Å². The molecule has 0 spiro atoms. The summed E-state index contributed by atoms with van der Waals surface area (Å²) < 4.78 is 33.8. The van der Waals surface area contributed by atoms with Gasteiger partial charge in [-0.15, -0.1) is 0 Å². The van der Waals surface area contributed by atoms with E-state index >= 15 is 0 Å². The van der Waals surface area contributed by atoms with Gasteiger partial charge in [0.05, 0.1) is 22.5 Å². The molecule has 2 aromatic rings. The zero-order valence-electron chi connectivity index (χ0n) is 16.5. The first kappa shape index (κ1) is 23.9. The summed E-state index contributed by atoms with van der Waals surface area (Å²) in [6, 6.07) is 4.56. The molecule has 0 bridgehead atoms. The van der Waals surface area contributed by atoms with Crippen LogP contribution in [0.1, 0.15) is 12.5 Å². The fourth-order valence-electron chi connectivity index (χ4n) is 2.24. The lowest BCUT2D eigenvalue weighted by molar-refractivity contribution is -0.385. The molecule has 168 valence electrons. The molecule has 15 nitrogen and oxygen atoms in total. The third-order valence-electron chi connectivity index (χ3n) is 3.55. The van der Waals surface area contributed by atoms with Crippen LogP contribution in [0, 0.1) is 31.6 Å². The van der Waals surface area contributed by atoms with Crippen molar-refractivity contribution in [1.29, 1.82) is 5.26 Å². The molecule has 0 aliphatic carbocycles. The summed E-state index contributed by atoms with van der Waals surface area (Å²) in [5, 5.41) is 33.1. The molecule has 1 aromatic carbocycles. The monoisotopic (exact) mass is 466 g/mol. The molecule has 0 saturated heterocycles. The molecule has 0 saturated carbocycles. The molecular weight excluding hydrogens is 452 g/mol. The summed E-state index contributed by atoms with van der Waals surface area (Å²) in [4.78, 5) is 39.6. The molecule has 1 N–H and O–H groups in total. The van der Waals surface area contributed by atoms with Crippen LogP contribution in [0.2, 0.25) is 0 Å². The Bertz CT molecular complexity index is 1240. The minimum Gasteiger partial charge on any atom is -0.465 e. The van der Waals surface area contributed by atoms with Crippen molar-refractivity contribution in [3.63, 3.8) is 0 Å². The summed E-state index contributed by atoms with van der Waals surface area (Å²) in [6.07, 6.45) is 0.736. The summed E-state index contributed by atoms with van der Waals surface area (Å²) >= 11 is 0. The van der Waals surface area contributed by atoms with Gasteiger partial charge in [0.15, 0.2) is 0 Å². The van der Waals surface area contributed by atoms with Crippen LogP contribution in [0.3, 0.4) is 0 Å². The molecule has 0 atom stereocenters. The minimum atomic E-state index is -4.10. The molecule has 0 fully saturated rings. The van der Waals surface area contributed by atoms with Crippen LogP contribution in [0.15, 0.2) is 23.4 Å². The number of esters is 1. The van der Waals surface area contributed by atoms with Gasteiger partial charge in [0.2, 0.25) is 15.7 Å². The van der Waals surface area contributed by atoms with Crippen LogP contribution >= 0.6 is 0 Å². The van der Waals surface area contributed by atoms with Gasteiger partial charge in [0.1, 0.15) is 23.9 Å². The van der Waals surface area contributed by atoms with Crippen molar-refractivity contribution in [3.05, 3.63) is 44.0 Å². The fraction of sp³-hybridized carbons (Fsp3) is 0.250. The zero-order chi connectivity index (χ0) is 24.1. The molecule has 2 rings (SSSR count). The van der Waals surface area contributed by atoms with Gasteiger partial charge in [-0.05, 0) is 19.1 Å². The second kappa shape index (κ2) is 9.61. The zero-order valence-corrected chi connectivity index (χ0v) is 17.3. The number of ether oxygens (including phenoxy) is 2. The van der Waals surface area contributed by atoms with E-state index in [1.165, 1.54) is 6.92 Å². The van der Waals surface area contributed by atoms with E-state index in [0.717, 1.165) is 24.5 Å².